The normalized spacial score (nSPS) is 9.27. The van der Waals surface area contributed by atoms with E-state index >= 15 is 0 Å². The number of terminal acetylenes is 2. The lowest BCUT2D eigenvalue weighted by atomic mass is 10.7. The highest BCUT2D eigenvalue weighted by atomic mass is 16.2. The van der Waals surface area contributed by atoms with Gasteiger partial charge in [-0.1, -0.05) is 12.8 Å². The maximum Gasteiger partial charge on any atom is 0.360 e. The van der Waals surface area contributed by atoms with Gasteiger partial charge in [0.25, 0.3) is 0 Å². The molecule has 0 spiro atoms. The lowest BCUT2D eigenvalue weighted by Crippen LogP contribution is -2.52. The average Bonchev–Trinajstić information content (AvgIpc) is 2.19. The Morgan fingerprint density at radius 1 is 1.00 bits per heavy atom. The third-order valence-electron chi connectivity index (χ3n) is 1.80. The van der Waals surface area contributed by atoms with Crippen molar-refractivity contribution in [3.63, 3.8) is 0 Å². The molecule has 0 saturated heterocycles. The van der Waals surface area contributed by atoms with Crippen molar-refractivity contribution >= 4 is 0 Å². The molecule has 0 unspecified atom stereocenters. The van der Waals surface area contributed by atoms with E-state index in [1.807, 2.05) is 12.1 Å². The zero-order chi connectivity index (χ0) is 11.6. The fourth-order valence-electron chi connectivity index (χ4n) is 1.08. The molecule has 0 aliphatic rings. The molecule has 0 atom stereocenters. The Kier molecular flexibility index (Phi) is 2.63. The van der Waals surface area contributed by atoms with Crippen molar-refractivity contribution < 1.29 is 0 Å². The van der Waals surface area contributed by atoms with Crippen molar-refractivity contribution in [1.82, 2.24) is 13.7 Å². The predicted molar refractivity (Wildman–Crippen MR) is 53.4 cm³/mol. The molecule has 76 valence electrons. The first-order chi connectivity index (χ1) is 7.08. The van der Waals surface area contributed by atoms with E-state index in [1.165, 1.54) is 0 Å². The molecule has 0 amide bonds. The zero-order valence-electron chi connectivity index (χ0n) is 7.93. The smallest absolute Gasteiger partial charge is 0.246 e. The molecule has 1 aromatic heterocycles. The highest BCUT2D eigenvalue weighted by Crippen LogP contribution is 1.69. The third-order valence-corrected chi connectivity index (χ3v) is 1.80. The number of hydrogen-bond acceptors (Lipinski definition) is 3. The second-order valence-electron chi connectivity index (χ2n) is 2.52. The fraction of sp³-hybridized carbons (Fsp3) is 0.222. The van der Waals surface area contributed by atoms with Crippen LogP contribution >= 0.6 is 0 Å². The lowest BCUT2D eigenvalue weighted by Gasteiger charge is -2.03. The Morgan fingerprint density at radius 2 is 1.40 bits per heavy atom. The molecule has 1 aromatic rings. The molecule has 0 aromatic carbocycles. The fourth-order valence-corrected chi connectivity index (χ4v) is 1.08. The summed E-state index contributed by atoms with van der Waals surface area (Å²) in [5.41, 5.74) is -2.72. The highest BCUT2D eigenvalue weighted by molar-refractivity contribution is 4.99. The summed E-state index contributed by atoms with van der Waals surface area (Å²) < 4.78 is 1.68. The van der Waals surface area contributed by atoms with Crippen molar-refractivity contribution in [2.75, 3.05) is 0 Å². The molecule has 0 fully saturated rings. The van der Waals surface area contributed by atoms with Crippen LogP contribution in [0.25, 0.3) is 0 Å². The van der Waals surface area contributed by atoms with Gasteiger partial charge in [-0.25, -0.2) is 19.0 Å². The topological polar surface area (TPSA) is 66.0 Å². The van der Waals surface area contributed by atoms with Gasteiger partial charge in [0.05, 0.1) is 0 Å². The van der Waals surface area contributed by atoms with E-state index in [2.05, 4.69) is 0 Å². The Morgan fingerprint density at radius 3 is 1.67 bits per heavy atom. The minimum atomic E-state index is -1.00. The van der Waals surface area contributed by atoms with Crippen molar-refractivity contribution in [3.8, 4) is 24.9 Å². The molecular formula is C9H7N3O3. The standard InChI is InChI=1S/C9H7N3O3/c1-4-10-7(13)11(5-2)9(15)12(6-3)8(10)14/h1-2H,6H2,3H3. The second kappa shape index (κ2) is 3.72. The van der Waals surface area contributed by atoms with Crippen LogP contribution in [0.1, 0.15) is 6.92 Å². The summed E-state index contributed by atoms with van der Waals surface area (Å²) in [4.78, 5) is 34.3. The molecule has 15 heavy (non-hydrogen) atoms. The molecule has 1 rings (SSSR count). The first-order valence-electron chi connectivity index (χ1n) is 4.00. The van der Waals surface area contributed by atoms with Gasteiger partial charge >= 0.3 is 17.1 Å². The number of aromatic nitrogens is 3. The molecule has 0 N–H and O–H groups in total. The molecule has 0 saturated carbocycles. The maximum atomic E-state index is 11.4. The zero-order valence-corrected chi connectivity index (χ0v) is 7.93. The number of nitrogens with zero attached hydrogens (tertiary/aromatic N) is 3. The molecule has 0 bridgehead atoms. The van der Waals surface area contributed by atoms with Gasteiger partial charge in [-0.3, -0.25) is 0 Å². The molecule has 0 aliphatic carbocycles. The summed E-state index contributed by atoms with van der Waals surface area (Å²) >= 11 is 0. The van der Waals surface area contributed by atoms with Crippen LogP contribution in [0.4, 0.5) is 0 Å². The van der Waals surface area contributed by atoms with E-state index in [0.29, 0.717) is 9.13 Å². The Labute approximate surface area is 84.4 Å². The van der Waals surface area contributed by atoms with E-state index in [4.69, 9.17) is 12.8 Å². The van der Waals surface area contributed by atoms with Gasteiger partial charge in [0.2, 0.25) is 0 Å². The molecule has 6 nitrogen and oxygen atoms in total. The molecular weight excluding hydrogens is 198 g/mol. The summed E-state index contributed by atoms with van der Waals surface area (Å²) in [6, 6.07) is 3.71. The van der Waals surface area contributed by atoms with Crippen molar-refractivity contribution in [2.45, 2.75) is 13.5 Å². The first kappa shape index (κ1) is 10.6. The van der Waals surface area contributed by atoms with Crippen molar-refractivity contribution in [1.29, 1.82) is 0 Å². The van der Waals surface area contributed by atoms with Gasteiger partial charge in [-0.05, 0) is 6.92 Å². The SMILES string of the molecule is C#Cn1c(=O)n(C#C)c(=O)n(CC)c1=O. The minimum Gasteiger partial charge on any atom is -0.246 e. The monoisotopic (exact) mass is 205 g/mol. The number of rotatable bonds is 1. The summed E-state index contributed by atoms with van der Waals surface area (Å²) in [5, 5.41) is 0. The third kappa shape index (κ3) is 1.38. The molecule has 0 aliphatic heterocycles. The van der Waals surface area contributed by atoms with Crippen LogP contribution in [0.5, 0.6) is 0 Å². The van der Waals surface area contributed by atoms with Crippen LogP contribution in [-0.4, -0.2) is 13.7 Å². The quantitative estimate of drug-likeness (QED) is 0.501. The van der Waals surface area contributed by atoms with Gasteiger partial charge in [0, 0.05) is 18.6 Å². The molecule has 1 heterocycles. The average molecular weight is 205 g/mol. The van der Waals surface area contributed by atoms with Crippen LogP contribution in [-0.2, 0) is 6.54 Å². The van der Waals surface area contributed by atoms with Crippen LogP contribution < -0.4 is 17.1 Å². The second-order valence-corrected chi connectivity index (χ2v) is 2.52. The van der Waals surface area contributed by atoms with Gasteiger partial charge in [0.15, 0.2) is 0 Å². The van der Waals surface area contributed by atoms with Gasteiger partial charge in [-0.15, -0.1) is 0 Å². The molecule has 6 heteroatoms. The summed E-state index contributed by atoms with van der Waals surface area (Å²) in [6.45, 7) is 1.65. The van der Waals surface area contributed by atoms with Gasteiger partial charge in [0.1, 0.15) is 0 Å². The maximum absolute atomic E-state index is 11.4. The van der Waals surface area contributed by atoms with Gasteiger partial charge in [-0.2, -0.15) is 9.13 Å². The lowest BCUT2D eigenvalue weighted by molar-refractivity contribution is 0.579. The summed E-state index contributed by atoms with van der Waals surface area (Å²) in [7, 11) is 0. The molecule has 0 radical (unpaired) electrons. The van der Waals surface area contributed by atoms with Crippen molar-refractivity contribution in [3.05, 3.63) is 31.5 Å². The Balaban J connectivity index is 4.05. The highest BCUT2D eigenvalue weighted by Gasteiger charge is 2.11. The van der Waals surface area contributed by atoms with E-state index in [-0.39, 0.29) is 6.54 Å². The predicted octanol–water partition coefficient (Wildman–Crippen LogP) is -1.93. The summed E-state index contributed by atoms with van der Waals surface area (Å²) in [6.07, 6.45) is 9.93. The first-order valence-corrected chi connectivity index (χ1v) is 4.00. The van der Waals surface area contributed by atoms with E-state index in [1.54, 1.807) is 6.92 Å². The van der Waals surface area contributed by atoms with E-state index < -0.39 is 17.1 Å². The Bertz CT molecular complexity index is 593. The Hall–Kier alpha value is -2.47. The van der Waals surface area contributed by atoms with E-state index in [9.17, 15) is 14.4 Å². The van der Waals surface area contributed by atoms with E-state index in [0.717, 1.165) is 4.57 Å². The van der Waals surface area contributed by atoms with Crippen molar-refractivity contribution in [2.24, 2.45) is 0 Å². The van der Waals surface area contributed by atoms with Crippen LogP contribution in [0.3, 0.4) is 0 Å². The number of hydrogen-bond donors (Lipinski definition) is 0. The van der Waals surface area contributed by atoms with Crippen LogP contribution in [0.2, 0.25) is 0 Å². The van der Waals surface area contributed by atoms with Crippen LogP contribution in [0, 0.1) is 24.9 Å². The largest absolute Gasteiger partial charge is 0.360 e. The van der Waals surface area contributed by atoms with Gasteiger partial charge < -0.3 is 0 Å². The minimum absolute atomic E-state index is 0.0846. The van der Waals surface area contributed by atoms with Crippen LogP contribution in [0.15, 0.2) is 14.4 Å². The summed E-state index contributed by atoms with van der Waals surface area (Å²) in [5.74, 6) is 0.